The van der Waals surface area contributed by atoms with Crippen molar-refractivity contribution in [1.29, 1.82) is 0 Å². The Morgan fingerprint density at radius 1 is 1.10 bits per heavy atom. The highest BCUT2D eigenvalue weighted by molar-refractivity contribution is 5.54. The standard InChI is InChI=1S/C16H21N3O2/c1-20-13-8-6-12(7-9-13)14-18-15(19-21-14)16(17)10-4-2-3-5-11-16/h6-9H,2-5,10-11,17H2,1H3. The molecule has 2 N–H and O–H groups in total. The Balaban J connectivity index is 1.84. The second kappa shape index (κ2) is 5.85. The molecule has 1 aliphatic rings. The summed E-state index contributed by atoms with van der Waals surface area (Å²) in [6.45, 7) is 0. The van der Waals surface area contributed by atoms with Gasteiger partial charge in [0.15, 0.2) is 5.82 Å². The van der Waals surface area contributed by atoms with Crippen LogP contribution in [0.25, 0.3) is 11.5 Å². The minimum absolute atomic E-state index is 0.440. The first-order valence-corrected chi connectivity index (χ1v) is 7.49. The van der Waals surface area contributed by atoms with Crippen LogP contribution in [0.15, 0.2) is 28.8 Å². The number of hydrogen-bond donors (Lipinski definition) is 1. The maximum absolute atomic E-state index is 6.51. The number of nitrogens with two attached hydrogens (primary N) is 1. The van der Waals surface area contributed by atoms with Crippen LogP contribution in [0.5, 0.6) is 5.75 Å². The molecule has 2 aromatic rings. The molecule has 3 rings (SSSR count). The smallest absolute Gasteiger partial charge is 0.257 e. The van der Waals surface area contributed by atoms with Gasteiger partial charge in [-0.05, 0) is 37.1 Å². The van der Waals surface area contributed by atoms with Gasteiger partial charge < -0.3 is 15.0 Å². The number of rotatable bonds is 3. The number of aromatic nitrogens is 2. The normalized spacial score (nSPS) is 18.2. The molecule has 1 saturated carbocycles. The monoisotopic (exact) mass is 287 g/mol. The molecular weight excluding hydrogens is 266 g/mol. The summed E-state index contributed by atoms with van der Waals surface area (Å²) in [5.41, 5.74) is 6.95. The summed E-state index contributed by atoms with van der Waals surface area (Å²) >= 11 is 0. The van der Waals surface area contributed by atoms with E-state index in [-0.39, 0.29) is 0 Å². The highest BCUT2D eigenvalue weighted by atomic mass is 16.5. The van der Waals surface area contributed by atoms with E-state index in [1.54, 1.807) is 7.11 Å². The topological polar surface area (TPSA) is 74.2 Å². The molecular formula is C16H21N3O2. The first-order chi connectivity index (χ1) is 10.2. The molecule has 0 spiro atoms. The Morgan fingerprint density at radius 3 is 2.38 bits per heavy atom. The van der Waals surface area contributed by atoms with E-state index in [4.69, 9.17) is 15.0 Å². The highest BCUT2D eigenvalue weighted by Gasteiger charge is 2.33. The third-order valence-corrected chi connectivity index (χ3v) is 4.20. The number of nitrogens with zero attached hydrogens (tertiary/aromatic N) is 2. The molecule has 112 valence electrons. The maximum Gasteiger partial charge on any atom is 0.257 e. The zero-order valence-corrected chi connectivity index (χ0v) is 12.3. The molecule has 1 aromatic carbocycles. The van der Waals surface area contributed by atoms with Gasteiger partial charge in [0, 0.05) is 5.56 Å². The van der Waals surface area contributed by atoms with Crippen molar-refractivity contribution in [2.75, 3.05) is 7.11 Å². The third kappa shape index (κ3) is 2.93. The minimum atomic E-state index is -0.440. The summed E-state index contributed by atoms with van der Waals surface area (Å²) in [5, 5.41) is 4.13. The molecule has 1 heterocycles. The van der Waals surface area contributed by atoms with Gasteiger partial charge in [-0.15, -0.1) is 0 Å². The number of benzene rings is 1. The van der Waals surface area contributed by atoms with E-state index in [1.165, 1.54) is 12.8 Å². The SMILES string of the molecule is COc1ccc(-c2nc(C3(N)CCCCCC3)no2)cc1. The molecule has 0 bridgehead atoms. The molecule has 0 atom stereocenters. The number of ether oxygens (including phenoxy) is 1. The molecule has 1 fully saturated rings. The van der Waals surface area contributed by atoms with Gasteiger partial charge in [-0.1, -0.05) is 30.8 Å². The molecule has 1 aliphatic carbocycles. The van der Waals surface area contributed by atoms with Crippen LogP contribution in [0.3, 0.4) is 0 Å². The summed E-state index contributed by atoms with van der Waals surface area (Å²) in [4.78, 5) is 4.53. The van der Waals surface area contributed by atoms with Gasteiger partial charge >= 0.3 is 0 Å². The predicted molar refractivity (Wildman–Crippen MR) is 79.9 cm³/mol. The van der Waals surface area contributed by atoms with Crippen molar-refractivity contribution in [1.82, 2.24) is 10.1 Å². The fourth-order valence-corrected chi connectivity index (χ4v) is 2.86. The van der Waals surface area contributed by atoms with Crippen LogP contribution in [0, 0.1) is 0 Å². The van der Waals surface area contributed by atoms with E-state index in [2.05, 4.69) is 10.1 Å². The Hall–Kier alpha value is -1.88. The fraction of sp³-hybridized carbons (Fsp3) is 0.500. The zero-order valence-electron chi connectivity index (χ0n) is 12.3. The van der Waals surface area contributed by atoms with E-state index in [1.807, 2.05) is 24.3 Å². The molecule has 21 heavy (non-hydrogen) atoms. The van der Waals surface area contributed by atoms with Crippen molar-refractivity contribution in [3.8, 4) is 17.2 Å². The van der Waals surface area contributed by atoms with Crippen LogP contribution in [0.2, 0.25) is 0 Å². The van der Waals surface area contributed by atoms with Crippen molar-refractivity contribution >= 4 is 0 Å². The fourth-order valence-electron chi connectivity index (χ4n) is 2.86. The van der Waals surface area contributed by atoms with Crippen molar-refractivity contribution in [3.63, 3.8) is 0 Å². The summed E-state index contributed by atoms with van der Waals surface area (Å²) in [7, 11) is 1.64. The maximum atomic E-state index is 6.51. The lowest BCUT2D eigenvalue weighted by Gasteiger charge is -2.23. The molecule has 0 unspecified atom stereocenters. The molecule has 0 amide bonds. The molecule has 5 nitrogen and oxygen atoms in total. The average molecular weight is 287 g/mol. The van der Waals surface area contributed by atoms with E-state index in [0.29, 0.717) is 11.7 Å². The Labute approximate surface area is 124 Å². The van der Waals surface area contributed by atoms with E-state index in [9.17, 15) is 0 Å². The van der Waals surface area contributed by atoms with Gasteiger partial charge in [0.1, 0.15) is 5.75 Å². The molecule has 0 radical (unpaired) electrons. The van der Waals surface area contributed by atoms with Gasteiger partial charge in [0.25, 0.3) is 5.89 Å². The van der Waals surface area contributed by atoms with Crippen LogP contribution in [0.4, 0.5) is 0 Å². The van der Waals surface area contributed by atoms with Crippen LogP contribution >= 0.6 is 0 Å². The molecule has 1 aromatic heterocycles. The lowest BCUT2D eigenvalue weighted by Crippen LogP contribution is -2.37. The van der Waals surface area contributed by atoms with Gasteiger partial charge in [-0.3, -0.25) is 0 Å². The van der Waals surface area contributed by atoms with E-state index in [0.717, 1.165) is 37.0 Å². The summed E-state index contributed by atoms with van der Waals surface area (Å²) < 4.78 is 10.6. The van der Waals surface area contributed by atoms with Crippen LogP contribution in [-0.2, 0) is 5.54 Å². The quantitative estimate of drug-likeness (QED) is 0.877. The van der Waals surface area contributed by atoms with Crippen molar-refractivity contribution < 1.29 is 9.26 Å². The van der Waals surface area contributed by atoms with Gasteiger partial charge in [-0.2, -0.15) is 4.98 Å². The van der Waals surface area contributed by atoms with Crippen LogP contribution in [-0.4, -0.2) is 17.3 Å². The summed E-state index contributed by atoms with van der Waals surface area (Å²) in [6, 6.07) is 7.57. The van der Waals surface area contributed by atoms with Crippen LogP contribution in [0.1, 0.15) is 44.3 Å². The highest BCUT2D eigenvalue weighted by Crippen LogP contribution is 2.33. The number of methoxy groups -OCH3 is 1. The zero-order chi connectivity index (χ0) is 14.7. The molecule has 5 heteroatoms. The van der Waals surface area contributed by atoms with Gasteiger partial charge in [-0.25, -0.2) is 0 Å². The first kappa shape index (κ1) is 14.1. The van der Waals surface area contributed by atoms with E-state index >= 15 is 0 Å². The van der Waals surface area contributed by atoms with Crippen molar-refractivity contribution in [2.24, 2.45) is 5.73 Å². The Morgan fingerprint density at radius 2 is 1.76 bits per heavy atom. The van der Waals surface area contributed by atoms with Crippen molar-refractivity contribution in [3.05, 3.63) is 30.1 Å². The second-order valence-electron chi connectivity index (χ2n) is 5.72. The van der Waals surface area contributed by atoms with Crippen LogP contribution < -0.4 is 10.5 Å². The minimum Gasteiger partial charge on any atom is -0.497 e. The molecule has 0 saturated heterocycles. The van der Waals surface area contributed by atoms with Crippen molar-refractivity contribution in [2.45, 2.75) is 44.1 Å². The third-order valence-electron chi connectivity index (χ3n) is 4.20. The van der Waals surface area contributed by atoms with Gasteiger partial charge in [0.05, 0.1) is 12.6 Å². The average Bonchev–Trinajstić information content (AvgIpc) is 2.92. The lowest BCUT2D eigenvalue weighted by atomic mass is 9.91. The van der Waals surface area contributed by atoms with E-state index < -0.39 is 5.54 Å². The lowest BCUT2D eigenvalue weighted by molar-refractivity contribution is 0.334. The summed E-state index contributed by atoms with van der Waals surface area (Å²) in [6.07, 6.45) is 6.58. The molecule has 0 aliphatic heterocycles. The predicted octanol–water partition coefficient (Wildman–Crippen LogP) is 3.25. The first-order valence-electron chi connectivity index (χ1n) is 7.49. The Bertz CT molecular complexity index is 584. The van der Waals surface area contributed by atoms with Gasteiger partial charge in [0.2, 0.25) is 0 Å². The summed E-state index contributed by atoms with van der Waals surface area (Å²) in [5.74, 6) is 1.95. The Kier molecular flexibility index (Phi) is 3.92. The number of hydrogen-bond acceptors (Lipinski definition) is 5. The largest absolute Gasteiger partial charge is 0.497 e. The second-order valence-corrected chi connectivity index (χ2v) is 5.72.